The van der Waals surface area contributed by atoms with Gasteiger partial charge < -0.3 is 4.74 Å². The Kier molecular flexibility index (Phi) is 2.33. The van der Waals surface area contributed by atoms with Gasteiger partial charge in [-0.2, -0.15) is 21.6 Å². The molecule has 1 aliphatic rings. The Morgan fingerprint density at radius 2 is 2.00 bits per heavy atom. The zero-order valence-corrected chi connectivity index (χ0v) is 7.41. The third-order valence-corrected chi connectivity index (χ3v) is 2.64. The third-order valence-electron chi connectivity index (χ3n) is 1.55. The van der Waals surface area contributed by atoms with Crippen LogP contribution in [0, 0.1) is 0 Å². The zero-order chi connectivity index (χ0) is 10.3. The molecule has 1 unspecified atom stereocenters. The third kappa shape index (κ3) is 2.12. The van der Waals surface area contributed by atoms with E-state index in [1.807, 2.05) is 0 Å². The van der Waals surface area contributed by atoms with Gasteiger partial charge in [-0.1, -0.05) is 6.92 Å². The van der Waals surface area contributed by atoms with Crippen LogP contribution in [0.1, 0.15) is 13.3 Å². The van der Waals surface area contributed by atoms with Gasteiger partial charge in [0.15, 0.2) is 0 Å². The molecule has 0 aliphatic carbocycles. The predicted molar refractivity (Wildman–Crippen MR) is 35.0 cm³/mol. The second kappa shape index (κ2) is 2.82. The van der Waals surface area contributed by atoms with Crippen molar-refractivity contribution < 1.29 is 30.5 Å². The van der Waals surface area contributed by atoms with E-state index < -0.39 is 21.4 Å². The van der Waals surface area contributed by atoms with Crippen LogP contribution < -0.4 is 0 Å². The Labute approximate surface area is 72.8 Å². The second-order valence-electron chi connectivity index (χ2n) is 2.54. The van der Waals surface area contributed by atoms with Gasteiger partial charge in [-0.3, -0.25) is 0 Å². The highest BCUT2D eigenvalue weighted by Crippen LogP contribution is 2.38. The standard InChI is InChI=1S/C5H7F3O4S/c1-2-4(3-11-4)12-13(9,10)5(6,7)8/h2-3H2,1H3. The summed E-state index contributed by atoms with van der Waals surface area (Å²) in [5.41, 5.74) is -5.39. The van der Waals surface area contributed by atoms with Gasteiger partial charge in [0.2, 0.25) is 5.79 Å². The first-order chi connectivity index (χ1) is 5.72. The van der Waals surface area contributed by atoms with Gasteiger partial charge in [0, 0.05) is 6.42 Å². The lowest BCUT2D eigenvalue weighted by Crippen LogP contribution is -2.31. The molecule has 1 atom stereocenters. The molecule has 0 aromatic rings. The maximum atomic E-state index is 11.8. The van der Waals surface area contributed by atoms with E-state index in [-0.39, 0.29) is 13.0 Å². The van der Waals surface area contributed by atoms with Crippen LogP contribution in [0.2, 0.25) is 0 Å². The molecule has 1 saturated heterocycles. The lowest BCUT2D eigenvalue weighted by Gasteiger charge is -2.12. The van der Waals surface area contributed by atoms with Gasteiger partial charge >= 0.3 is 15.6 Å². The summed E-state index contributed by atoms with van der Waals surface area (Å²) in [7, 11) is -5.53. The van der Waals surface area contributed by atoms with Gasteiger partial charge in [-0.25, -0.2) is 4.18 Å². The number of rotatable bonds is 3. The van der Waals surface area contributed by atoms with Crippen LogP contribution in [0.25, 0.3) is 0 Å². The van der Waals surface area contributed by atoms with Gasteiger partial charge in [0.1, 0.15) is 6.61 Å². The van der Waals surface area contributed by atoms with E-state index in [2.05, 4.69) is 8.92 Å². The van der Waals surface area contributed by atoms with E-state index in [4.69, 9.17) is 0 Å². The molecule has 1 aliphatic heterocycles. The molecule has 8 heteroatoms. The molecule has 0 N–H and O–H groups in total. The minimum atomic E-state index is -5.53. The van der Waals surface area contributed by atoms with Crippen molar-refractivity contribution in [3.63, 3.8) is 0 Å². The number of halogens is 3. The molecule has 0 aromatic carbocycles. The van der Waals surface area contributed by atoms with Crippen molar-refractivity contribution in [1.82, 2.24) is 0 Å². The maximum Gasteiger partial charge on any atom is 0.523 e. The number of hydrogen-bond acceptors (Lipinski definition) is 4. The molecule has 1 fully saturated rings. The van der Waals surface area contributed by atoms with Crippen molar-refractivity contribution in [3.05, 3.63) is 0 Å². The summed E-state index contributed by atoms with van der Waals surface area (Å²) in [6, 6.07) is 0. The first kappa shape index (κ1) is 10.7. The summed E-state index contributed by atoms with van der Waals surface area (Å²) < 4.78 is 64.5. The summed E-state index contributed by atoms with van der Waals surface area (Å²) in [5.74, 6) is -1.58. The SMILES string of the molecule is CCC1(OS(=O)(=O)C(F)(F)F)CO1. The van der Waals surface area contributed by atoms with Crippen LogP contribution in [-0.4, -0.2) is 26.3 Å². The van der Waals surface area contributed by atoms with Crippen molar-refractivity contribution in [2.45, 2.75) is 24.6 Å². The van der Waals surface area contributed by atoms with Crippen molar-refractivity contribution in [2.24, 2.45) is 0 Å². The Morgan fingerprint density at radius 1 is 1.54 bits per heavy atom. The molecule has 0 saturated carbocycles. The lowest BCUT2D eigenvalue weighted by atomic mass is 10.3. The lowest BCUT2D eigenvalue weighted by molar-refractivity contribution is -0.0656. The van der Waals surface area contributed by atoms with E-state index in [1.54, 1.807) is 0 Å². The van der Waals surface area contributed by atoms with E-state index in [9.17, 15) is 21.6 Å². The van der Waals surface area contributed by atoms with Crippen LogP contribution in [0.15, 0.2) is 0 Å². The smallest absolute Gasteiger partial charge is 0.341 e. The van der Waals surface area contributed by atoms with E-state index in [0.29, 0.717) is 0 Å². The van der Waals surface area contributed by atoms with E-state index in [0.717, 1.165) is 0 Å². The topological polar surface area (TPSA) is 55.9 Å². The largest absolute Gasteiger partial charge is 0.523 e. The minimum absolute atomic E-state index is 0.0578. The summed E-state index contributed by atoms with van der Waals surface area (Å²) in [6.07, 6.45) is 0.0578. The van der Waals surface area contributed by atoms with E-state index >= 15 is 0 Å². The van der Waals surface area contributed by atoms with Crippen LogP contribution in [-0.2, 0) is 19.0 Å². The molecule has 0 aromatic heterocycles. The second-order valence-corrected chi connectivity index (χ2v) is 4.07. The van der Waals surface area contributed by atoms with Gasteiger partial charge in [-0.05, 0) is 0 Å². The maximum absolute atomic E-state index is 11.8. The highest BCUT2D eigenvalue weighted by Gasteiger charge is 2.57. The minimum Gasteiger partial charge on any atom is -0.341 e. The normalized spacial score (nSPS) is 28.9. The Balaban J connectivity index is 2.74. The van der Waals surface area contributed by atoms with Gasteiger partial charge in [-0.15, -0.1) is 0 Å². The summed E-state index contributed by atoms with van der Waals surface area (Å²) in [4.78, 5) is 0. The molecular weight excluding hydrogens is 213 g/mol. The molecule has 78 valence electrons. The summed E-state index contributed by atoms with van der Waals surface area (Å²) in [5, 5.41) is 0. The summed E-state index contributed by atoms with van der Waals surface area (Å²) >= 11 is 0. The fraction of sp³-hybridized carbons (Fsp3) is 1.00. The van der Waals surface area contributed by atoms with Gasteiger partial charge in [0.05, 0.1) is 0 Å². The molecule has 0 spiro atoms. The molecule has 1 rings (SSSR count). The fourth-order valence-corrected chi connectivity index (χ4v) is 1.35. The average Bonchev–Trinajstić information content (AvgIpc) is 2.66. The first-order valence-corrected chi connectivity index (χ1v) is 4.79. The van der Waals surface area contributed by atoms with Crippen molar-refractivity contribution >= 4 is 10.1 Å². The molecule has 0 radical (unpaired) electrons. The molecule has 13 heavy (non-hydrogen) atoms. The van der Waals surface area contributed by atoms with Crippen LogP contribution >= 0.6 is 0 Å². The number of epoxide rings is 1. The van der Waals surface area contributed by atoms with Crippen molar-refractivity contribution in [1.29, 1.82) is 0 Å². The predicted octanol–water partition coefficient (Wildman–Crippen LogP) is 0.989. The number of ether oxygens (including phenoxy) is 1. The van der Waals surface area contributed by atoms with Crippen LogP contribution in [0.5, 0.6) is 0 Å². The Morgan fingerprint density at radius 3 is 2.23 bits per heavy atom. The highest BCUT2D eigenvalue weighted by molar-refractivity contribution is 7.87. The summed E-state index contributed by atoms with van der Waals surface area (Å²) in [6.45, 7) is 1.34. The Bertz CT molecular complexity index is 289. The monoisotopic (exact) mass is 220 g/mol. The van der Waals surface area contributed by atoms with Crippen LogP contribution in [0.3, 0.4) is 0 Å². The van der Waals surface area contributed by atoms with Crippen molar-refractivity contribution in [2.75, 3.05) is 6.61 Å². The van der Waals surface area contributed by atoms with E-state index in [1.165, 1.54) is 6.92 Å². The molecule has 1 heterocycles. The molecular formula is C5H7F3O4S. The first-order valence-electron chi connectivity index (χ1n) is 3.38. The fourth-order valence-electron chi connectivity index (χ4n) is 0.639. The average molecular weight is 220 g/mol. The highest BCUT2D eigenvalue weighted by atomic mass is 32.2. The van der Waals surface area contributed by atoms with Gasteiger partial charge in [0.25, 0.3) is 0 Å². The quantitative estimate of drug-likeness (QED) is 0.404. The number of alkyl halides is 3. The van der Waals surface area contributed by atoms with Crippen molar-refractivity contribution in [3.8, 4) is 0 Å². The number of hydrogen-bond donors (Lipinski definition) is 0. The molecule has 0 bridgehead atoms. The Hall–Kier alpha value is -0.340. The van der Waals surface area contributed by atoms with Crippen LogP contribution in [0.4, 0.5) is 13.2 Å². The molecule has 0 amide bonds. The molecule has 4 nitrogen and oxygen atoms in total. The zero-order valence-electron chi connectivity index (χ0n) is 6.59.